The Morgan fingerprint density at radius 1 is 1.00 bits per heavy atom. The molecule has 2 unspecified atom stereocenters. The maximum atomic E-state index is 9.24. The first-order valence-electron chi connectivity index (χ1n) is 6.75. The van der Waals surface area contributed by atoms with E-state index in [1.165, 1.54) is 44.9 Å². The van der Waals surface area contributed by atoms with Gasteiger partial charge >= 0.3 is 0 Å². The second kappa shape index (κ2) is 8.58. The summed E-state index contributed by atoms with van der Waals surface area (Å²) in [6, 6.07) is 0. The highest BCUT2D eigenvalue weighted by Crippen LogP contribution is 2.24. The summed E-state index contributed by atoms with van der Waals surface area (Å²) < 4.78 is 0. The van der Waals surface area contributed by atoms with Crippen molar-refractivity contribution in [3.63, 3.8) is 0 Å². The van der Waals surface area contributed by atoms with Gasteiger partial charge in [0.25, 0.3) is 0 Å². The minimum Gasteiger partial charge on any atom is -0.396 e. The maximum absolute atomic E-state index is 9.24. The van der Waals surface area contributed by atoms with Gasteiger partial charge in [-0.1, -0.05) is 31.2 Å². The van der Waals surface area contributed by atoms with Crippen molar-refractivity contribution in [2.75, 3.05) is 6.61 Å². The van der Waals surface area contributed by atoms with E-state index in [9.17, 15) is 5.11 Å². The van der Waals surface area contributed by atoms with Gasteiger partial charge in [0.15, 0.2) is 0 Å². The topological polar surface area (TPSA) is 20.2 Å². The molecule has 0 aromatic carbocycles. The third kappa shape index (κ3) is 5.50. The minimum absolute atomic E-state index is 0.338. The molecule has 1 rings (SSSR count). The van der Waals surface area contributed by atoms with Crippen LogP contribution < -0.4 is 0 Å². The summed E-state index contributed by atoms with van der Waals surface area (Å²) in [4.78, 5) is 0. The van der Waals surface area contributed by atoms with Gasteiger partial charge in [0.2, 0.25) is 0 Å². The van der Waals surface area contributed by atoms with Crippen molar-refractivity contribution in [2.24, 2.45) is 11.8 Å². The summed E-state index contributed by atoms with van der Waals surface area (Å²) >= 11 is 0. The standard InChI is InChI=1S/C15H26O/c1-14(13-16)15-11-9-7-5-3-2-4-6-8-10-12-15/h3,5-6,8,14-16H,2,4,7,9-13H2,1H3. The molecule has 1 N–H and O–H groups in total. The van der Waals surface area contributed by atoms with Crippen LogP contribution in [0.25, 0.3) is 0 Å². The van der Waals surface area contributed by atoms with Crippen LogP contribution in [0.2, 0.25) is 0 Å². The molecule has 0 spiro atoms. The molecule has 0 aliphatic heterocycles. The predicted molar refractivity (Wildman–Crippen MR) is 70.3 cm³/mol. The molecule has 0 radical (unpaired) electrons. The summed E-state index contributed by atoms with van der Waals surface area (Å²) in [6.45, 7) is 2.51. The van der Waals surface area contributed by atoms with Crippen LogP contribution in [0.4, 0.5) is 0 Å². The zero-order chi connectivity index (χ0) is 11.6. The quantitative estimate of drug-likeness (QED) is 0.698. The normalized spacial score (nSPS) is 25.8. The van der Waals surface area contributed by atoms with Gasteiger partial charge in [-0.3, -0.25) is 0 Å². The minimum atomic E-state index is 0.338. The number of hydrogen-bond acceptors (Lipinski definition) is 1. The Kier molecular flexibility index (Phi) is 7.24. The Balaban J connectivity index is 2.44. The first-order valence-corrected chi connectivity index (χ1v) is 6.75. The van der Waals surface area contributed by atoms with Crippen LogP contribution in [-0.4, -0.2) is 11.7 Å². The van der Waals surface area contributed by atoms with Crippen molar-refractivity contribution in [3.05, 3.63) is 24.3 Å². The van der Waals surface area contributed by atoms with Gasteiger partial charge in [-0.2, -0.15) is 0 Å². The zero-order valence-corrected chi connectivity index (χ0v) is 10.6. The molecule has 0 saturated heterocycles. The van der Waals surface area contributed by atoms with Crippen LogP contribution in [0, 0.1) is 11.8 Å². The average Bonchev–Trinajstić information content (AvgIpc) is 2.29. The molecule has 0 saturated carbocycles. The fourth-order valence-corrected chi connectivity index (χ4v) is 2.33. The highest BCUT2D eigenvalue weighted by Gasteiger charge is 2.15. The first kappa shape index (κ1) is 13.5. The summed E-state index contributed by atoms with van der Waals surface area (Å²) in [6.07, 6.45) is 17.8. The fourth-order valence-electron chi connectivity index (χ4n) is 2.33. The lowest BCUT2D eigenvalue weighted by molar-refractivity contribution is 0.175. The van der Waals surface area contributed by atoms with Gasteiger partial charge in [-0.05, 0) is 56.8 Å². The summed E-state index contributed by atoms with van der Waals surface area (Å²) in [5.41, 5.74) is 0. The van der Waals surface area contributed by atoms with Crippen LogP contribution in [0.3, 0.4) is 0 Å². The molecule has 1 heteroatoms. The van der Waals surface area contributed by atoms with E-state index in [2.05, 4.69) is 31.2 Å². The molecule has 0 aromatic rings. The molecule has 0 bridgehead atoms. The van der Waals surface area contributed by atoms with E-state index < -0.39 is 0 Å². The van der Waals surface area contributed by atoms with E-state index in [0.717, 1.165) is 0 Å². The second-order valence-corrected chi connectivity index (χ2v) is 4.95. The molecule has 0 heterocycles. The van der Waals surface area contributed by atoms with Gasteiger partial charge < -0.3 is 5.11 Å². The summed E-state index contributed by atoms with van der Waals surface area (Å²) in [7, 11) is 0. The van der Waals surface area contributed by atoms with Gasteiger partial charge in [0, 0.05) is 6.61 Å². The van der Waals surface area contributed by atoms with Crippen LogP contribution in [0.5, 0.6) is 0 Å². The largest absolute Gasteiger partial charge is 0.396 e. The lowest BCUT2D eigenvalue weighted by Crippen LogP contribution is -2.15. The molecule has 1 aliphatic carbocycles. The van der Waals surface area contributed by atoms with E-state index in [4.69, 9.17) is 0 Å². The third-order valence-electron chi connectivity index (χ3n) is 3.58. The highest BCUT2D eigenvalue weighted by molar-refractivity contribution is 4.89. The van der Waals surface area contributed by atoms with Crippen LogP contribution in [0.1, 0.15) is 51.9 Å². The molecular weight excluding hydrogens is 196 g/mol. The SMILES string of the molecule is CC(CO)C1CCC=CCCC=CCCC1. The third-order valence-corrected chi connectivity index (χ3v) is 3.58. The molecule has 0 fully saturated rings. The molecule has 16 heavy (non-hydrogen) atoms. The van der Waals surface area contributed by atoms with Crippen LogP contribution in [0.15, 0.2) is 24.3 Å². The van der Waals surface area contributed by atoms with Crippen molar-refractivity contribution in [3.8, 4) is 0 Å². The van der Waals surface area contributed by atoms with E-state index in [-0.39, 0.29) is 0 Å². The molecule has 0 aromatic heterocycles. The van der Waals surface area contributed by atoms with E-state index in [0.29, 0.717) is 18.4 Å². The maximum Gasteiger partial charge on any atom is 0.0459 e. The Morgan fingerprint density at radius 2 is 1.62 bits per heavy atom. The number of aliphatic hydroxyl groups excluding tert-OH is 1. The Labute approximate surface area is 100 Å². The summed E-state index contributed by atoms with van der Waals surface area (Å²) in [5, 5.41) is 9.24. The number of allylic oxidation sites excluding steroid dienone is 4. The number of hydrogen-bond donors (Lipinski definition) is 1. The van der Waals surface area contributed by atoms with Gasteiger partial charge in [0.05, 0.1) is 0 Å². The monoisotopic (exact) mass is 222 g/mol. The van der Waals surface area contributed by atoms with Crippen LogP contribution in [-0.2, 0) is 0 Å². The molecule has 2 atom stereocenters. The van der Waals surface area contributed by atoms with Crippen molar-refractivity contribution < 1.29 is 5.11 Å². The smallest absolute Gasteiger partial charge is 0.0459 e. The Bertz CT molecular complexity index is 217. The molecule has 1 nitrogen and oxygen atoms in total. The van der Waals surface area contributed by atoms with E-state index in [1.54, 1.807) is 0 Å². The van der Waals surface area contributed by atoms with Gasteiger partial charge in [-0.25, -0.2) is 0 Å². The summed E-state index contributed by atoms with van der Waals surface area (Å²) in [5.74, 6) is 1.16. The predicted octanol–water partition coefficient (Wildman–Crippen LogP) is 4.09. The molecule has 1 aliphatic rings. The number of aliphatic hydroxyl groups is 1. The van der Waals surface area contributed by atoms with Crippen molar-refractivity contribution >= 4 is 0 Å². The average molecular weight is 222 g/mol. The van der Waals surface area contributed by atoms with Gasteiger partial charge in [0.1, 0.15) is 0 Å². The van der Waals surface area contributed by atoms with E-state index in [1.807, 2.05) is 0 Å². The fraction of sp³-hybridized carbons (Fsp3) is 0.733. The zero-order valence-electron chi connectivity index (χ0n) is 10.6. The van der Waals surface area contributed by atoms with Crippen molar-refractivity contribution in [2.45, 2.75) is 51.9 Å². The van der Waals surface area contributed by atoms with Crippen LogP contribution >= 0.6 is 0 Å². The Morgan fingerprint density at radius 3 is 2.31 bits per heavy atom. The molecule has 92 valence electrons. The lowest BCUT2D eigenvalue weighted by atomic mass is 9.85. The Hall–Kier alpha value is -0.560. The highest BCUT2D eigenvalue weighted by atomic mass is 16.3. The lowest BCUT2D eigenvalue weighted by Gasteiger charge is -2.21. The molecular formula is C15H26O. The first-order chi connectivity index (χ1) is 7.84. The number of rotatable bonds is 2. The van der Waals surface area contributed by atoms with E-state index >= 15 is 0 Å². The van der Waals surface area contributed by atoms with Crippen molar-refractivity contribution in [1.29, 1.82) is 0 Å². The molecule has 0 amide bonds. The van der Waals surface area contributed by atoms with Crippen molar-refractivity contribution in [1.82, 2.24) is 0 Å². The second-order valence-electron chi connectivity index (χ2n) is 4.95. The van der Waals surface area contributed by atoms with Gasteiger partial charge in [-0.15, -0.1) is 0 Å².